The molecule has 3 aliphatic rings. The maximum Gasteiger partial charge on any atom is 0.253 e. The van der Waals surface area contributed by atoms with Crippen LogP contribution in [0.15, 0.2) is 30.7 Å². The minimum Gasteiger partial charge on any atom is -0.348 e. The van der Waals surface area contributed by atoms with Gasteiger partial charge < -0.3 is 14.6 Å². The average Bonchev–Trinajstić information content (AvgIpc) is 2.96. The number of piperidine rings is 3. The number of carbonyl (C=O) groups excluding carboxylic acids is 1. The number of nitrogens with zero attached hydrogens (tertiary/aromatic N) is 3. The molecule has 2 bridgehead atoms. The van der Waals surface area contributed by atoms with Gasteiger partial charge in [-0.1, -0.05) is 0 Å². The van der Waals surface area contributed by atoms with E-state index in [-0.39, 0.29) is 5.91 Å². The predicted molar refractivity (Wildman–Crippen MR) is 75.6 cm³/mol. The van der Waals surface area contributed by atoms with E-state index in [0.29, 0.717) is 17.5 Å². The normalized spacial score (nSPS) is 28.7. The van der Waals surface area contributed by atoms with Crippen molar-refractivity contribution >= 4 is 11.6 Å². The zero-order valence-corrected chi connectivity index (χ0v) is 11.3. The van der Waals surface area contributed by atoms with Gasteiger partial charge in [-0.15, -0.1) is 0 Å². The van der Waals surface area contributed by atoms with Gasteiger partial charge in [-0.3, -0.25) is 4.79 Å². The number of carbonyl (C=O) groups is 1. The Balaban J connectivity index is 1.52. The lowest BCUT2D eigenvalue weighted by Crippen LogP contribution is -2.57. The molecule has 0 spiro atoms. The molecule has 1 atom stereocenters. The monoisotopic (exact) mass is 270 g/mol. The van der Waals surface area contributed by atoms with E-state index < -0.39 is 0 Å². The van der Waals surface area contributed by atoms with Gasteiger partial charge in [0.25, 0.3) is 5.91 Å². The Morgan fingerprint density at radius 1 is 1.30 bits per heavy atom. The van der Waals surface area contributed by atoms with Gasteiger partial charge in [0, 0.05) is 31.2 Å². The van der Waals surface area contributed by atoms with Crippen LogP contribution in [0.3, 0.4) is 0 Å². The van der Waals surface area contributed by atoms with E-state index in [9.17, 15) is 4.79 Å². The van der Waals surface area contributed by atoms with Crippen LogP contribution in [0.4, 0.5) is 0 Å². The van der Waals surface area contributed by atoms with Crippen LogP contribution in [0.2, 0.25) is 0 Å². The zero-order valence-electron chi connectivity index (χ0n) is 11.3. The molecule has 0 saturated carbocycles. The van der Waals surface area contributed by atoms with E-state index in [1.165, 1.54) is 25.9 Å². The van der Waals surface area contributed by atoms with Crippen LogP contribution in [0.25, 0.3) is 5.65 Å². The minimum atomic E-state index is 0.0272. The Bertz CT molecular complexity index is 642. The first-order valence-electron chi connectivity index (χ1n) is 7.25. The number of hydrogen-bond donors (Lipinski definition) is 1. The largest absolute Gasteiger partial charge is 0.348 e. The molecule has 1 amide bonds. The number of fused-ring (bicyclic) bond motifs is 4. The first-order chi connectivity index (χ1) is 9.79. The standard InChI is InChI=1S/C15H18N4O/c20-15(12-1-2-14-16-5-8-19(14)9-12)17-13-10-18-6-3-11(13)4-7-18/h1-2,5,8-9,11,13H,3-4,6-7,10H2,(H,17,20)/t13-/m0/s1. The molecule has 3 fully saturated rings. The second kappa shape index (κ2) is 4.59. The SMILES string of the molecule is O=C(N[C@H]1CN2CCC1CC2)c1ccc2nccn2c1. The van der Waals surface area contributed by atoms with E-state index in [1.807, 2.05) is 28.9 Å². The lowest BCUT2D eigenvalue weighted by Gasteiger charge is -2.44. The Labute approximate surface area is 117 Å². The highest BCUT2D eigenvalue weighted by atomic mass is 16.1. The minimum absolute atomic E-state index is 0.0272. The highest BCUT2D eigenvalue weighted by Crippen LogP contribution is 2.27. The van der Waals surface area contributed by atoms with Crippen molar-refractivity contribution in [3.8, 4) is 0 Å². The topological polar surface area (TPSA) is 49.6 Å². The summed E-state index contributed by atoms with van der Waals surface area (Å²) in [7, 11) is 0. The van der Waals surface area contributed by atoms with Crippen LogP contribution in [0, 0.1) is 5.92 Å². The Kier molecular flexibility index (Phi) is 2.73. The van der Waals surface area contributed by atoms with E-state index in [1.54, 1.807) is 6.20 Å². The highest BCUT2D eigenvalue weighted by Gasteiger charge is 2.34. The third-order valence-electron chi connectivity index (χ3n) is 4.62. The van der Waals surface area contributed by atoms with Crippen LogP contribution < -0.4 is 5.32 Å². The highest BCUT2D eigenvalue weighted by molar-refractivity contribution is 5.94. The van der Waals surface area contributed by atoms with Gasteiger partial charge in [-0.2, -0.15) is 0 Å². The Morgan fingerprint density at radius 3 is 2.90 bits per heavy atom. The molecule has 3 aliphatic heterocycles. The summed E-state index contributed by atoms with van der Waals surface area (Å²) in [5, 5.41) is 3.21. The van der Waals surface area contributed by atoms with E-state index in [0.717, 1.165) is 12.2 Å². The Morgan fingerprint density at radius 2 is 2.15 bits per heavy atom. The van der Waals surface area contributed by atoms with Crippen LogP contribution in [-0.4, -0.2) is 45.9 Å². The molecule has 20 heavy (non-hydrogen) atoms. The molecule has 0 unspecified atom stereocenters. The van der Waals surface area contributed by atoms with Crippen LogP contribution >= 0.6 is 0 Å². The van der Waals surface area contributed by atoms with E-state index in [4.69, 9.17) is 0 Å². The smallest absolute Gasteiger partial charge is 0.253 e. The molecule has 0 aromatic carbocycles. The lowest BCUT2D eigenvalue weighted by molar-refractivity contribution is 0.0620. The molecule has 2 aromatic rings. The second-order valence-electron chi connectivity index (χ2n) is 5.83. The van der Waals surface area contributed by atoms with E-state index >= 15 is 0 Å². The number of imidazole rings is 1. The van der Waals surface area contributed by atoms with Crippen molar-refractivity contribution in [2.45, 2.75) is 18.9 Å². The molecule has 1 N–H and O–H groups in total. The maximum absolute atomic E-state index is 12.4. The lowest BCUT2D eigenvalue weighted by atomic mass is 9.84. The summed E-state index contributed by atoms with van der Waals surface area (Å²) in [6, 6.07) is 4.04. The van der Waals surface area contributed by atoms with E-state index in [2.05, 4.69) is 15.2 Å². The van der Waals surface area contributed by atoms with Gasteiger partial charge in [0.1, 0.15) is 5.65 Å². The number of hydrogen-bond acceptors (Lipinski definition) is 3. The molecule has 5 heterocycles. The maximum atomic E-state index is 12.4. The van der Waals surface area contributed by atoms with Crippen molar-refractivity contribution < 1.29 is 4.79 Å². The summed E-state index contributed by atoms with van der Waals surface area (Å²) in [6.45, 7) is 3.39. The van der Waals surface area contributed by atoms with Gasteiger partial charge >= 0.3 is 0 Å². The van der Waals surface area contributed by atoms with Crippen molar-refractivity contribution in [1.29, 1.82) is 0 Å². The fourth-order valence-electron chi connectivity index (χ4n) is 3.43. The zero-order chi connectivity index (χ0) is 13.5. The third kappa shape index (κ3) is 1.98. The first kappa shape index (κ1) is 11.9. The summed E-state index contributed by atoms with van der Waals surface area (Å²) in [6.07, 6.45) is 7.88. The summed E-state index contributed by atoms with van der Waals surface area (Å²) in [5.41, 5.74) is 1.57. The molecule has 0 aliphatic carbocycles. The molecule has 5 heteroatoms. The quantitative estimate of drug-likeness (QED) is 0.891. The average molecular weight is 270 g/mol. The number of nitrogens with one attached hydrogen (secondary N) is 1. The summed E-state index contributed by atoms with van der Waals surface area (Å²) in [5.74, 6) is 0.681. The van der Waals surface area contributed by atoms with Crippen molar-refractivity contribution in [1.82, 2.24) is 19.6 Å². The number of aromatic nitrogens is 2. The van der Waals surface area contributed by atoms with Gasteiger partial charge in [0.05, 0.1) is 5.56 Å². The summed E-state index contributed by atoms with van der Waals surface area (Å²) < 4.78 is 1.88. The molecular formula is C15H18N4O. The van der Waals surface area contributed by atoms with Crippen molar-refractivity contribution in [3.63, 3.8) is 0 Å². The molecule has 0 radical (unpaired) electrons. The van der Waals surface area contributed by atoms with Crippen LogP contribution in [-0.2, 0) is 0 Å². The Hall–Kier alpha value is -1.88. The van der Waals surface area contributed by atoms with Crippen LogP contribution in [0.5, 0.6) is 0 Å². The van der Waals surface area contributed by atoms with Crippen molar-refractivity contribution in [3.05, 3.63) is 36.3 Å². The van der Waals surface area contributed by atoms with Gasteiger partial charge in [0.15, 0.2) is 0 Å². The fourth-order valence-corrected chi connectivity index (χ4v) is 3.43. The van der Waals surface area contributed by atoms with Crippen molar-refractivity contribution in [2.24, 2.45) is 5.92 Å². The molecule has 3 saturated heterocycles. The fraction of sp³-hybridized carbons (Fsp3) is 0.467. The molecular weight excluding hydrogens is 252 g/mol. The second-order valence-corrected chi connectivity index (χ2v) is 5.83. The number of pyridine rings is 1. The van der Waals surface area contributed by atoms with Crippen LogP contribution in [0.1, 0.15) is 23.2 Å². The number of rotatable bonds is 2. The van der Waals surface area contributed by atoms with Gasteiger partial charge in [-0.25, -0.2) is 4.98 Å². The number of amides is 1. The molecule has 5 nitrogen and oxygen atoms in total. The molecule has 104 valence electrons. The third-order valence-corrected chi connectivity index (χ3v) is 4.62. The van der Waals surface area contributed by atoms with Gasteiger partial charge in [0.2, 0.25) is 0 Å². The first-order valence-corrected chi connectivity index (χ1v) is 7.25. The predicted octanol–water partition coefficient (Wildman–Crippen LogP) is 1.16. The van der Waals surface area contributed by atoms with Crippen molar-refractivity contribution in [2.75, 3.05) is 19.6 Å². The molecule has 5 rings (SSSR count). The van der Waals surface area contributed by atoms with Gasteiger partial charge in [-0.05, 0) is 44.0 Å². The summed E-state index contributed by atoms with van der Waals surface area (Å²) >= 11 is 0. The summed E-state index contributed by atoms with van der Waals surface area (Å²) in [4.78, 5) is 19.0. The molecule has 2 aromatic heterocycles.